The van der Waals surface area contributed by atoms with Gasteiger partial charge in [-0.2, -0.15) is 5.10 Å². The van der Waals surface area contributed by atoms with Crippen LogP contribution in [0.25, 0.3) is 0 Å². The van der Waals surface area contributed by atoms with Gasteiger partial charge in [-0.05, 0) is 18.6 Å². The number of halogens is 1. The number of nitrogens with zero attached hydrogens (tertiary/aromatic N) is 2. The molecule has 0 aliphatic rings. The van der Waals surface area contributed by atoms with Crippen molar-refractivity contribution in [2.75, 3.05) is 0 Å². The van der Waals surface area contributed by atoms with E-state index in [9.17, 15) is 0 Å². The summed E-state index contributed by atoms with van der Waals surface area (Å²) in [5, 5.41) is 4.78. The van der Waals surface area contributed by atoms with Gasteiger partial charge in [0.2, 0.25) is 0 Å². The van der Waals surface area contributed by atoms with Gasteiger partial charge < -0.3 is 10.2 Å². The molecule has 16 heavy (non-hydrogen) atoms. The van der Waals surface area contributed by atoms with Crippen LogP contribution in [-0.4, -0.2) is 9.78 Å². The number of rotatable bonds is 4. The summed E-state index contributed by atoms with van der Waals surface area (Å²) >= 11 is 6.09. The third-order valence-corrected chi connectivity index (χ3v) is 2.70. The highest BCUT2D eigenvalue weighted by molar-refractivity contribution is 6.31. The molecule has 0 aliphatic heterocycles. The summed E-state index contributed by atoms with van der Waals surface area (Å²) < 4.78 is 7.11. The first kappa shape index (κ1) is 11.2. The maximum Gasteiger partial charge on any atom is 0.126 e. The molecular weight excluding hydrogens is 226 g/mol. The topological polar surface area (TPSA) is 57.0 Å². The molecule has 0 amide bonds. The summed E-state index contributed by atoms with van der Waals surface area (Å²) in [6.45, 7) is 2.88. The lowest BCUT2D eigenvalue weighted by atomic mass is 10.1. The maximum absolute atomic E-state index is 6.10. The quantitative estimate of drug-likeness (QED) is 0.892. The Bertz CT molecular complexity index is 450. The average molecular weight is 240 g/mol. The molecule has 0 bridgehead atoms. The lowest BCUT2D eigenvalue weighted by molar-refractivity contribution is 0.468. The molecule has 2 heterocycles. The Hall–Kier alpha value is -1.26. The molecule has 0 saturated heterocycles. The van der Waals surface area contributed by atoms with Crippen molar-refractivity contribution >= 4 is 11.6 Å². The predicted octanol–water partition coefficient (Wildman–Crippen LogP) is 2.59. The molecule has 0 saturated carbocycles. The molecule has 2 aromatic rings. The first-order valence-electron chi connectivity index (χ1n) is 5.24. The van der Waals surface area contributed by atoms with Crippen molar-refractivity contribution in [2.24, 2.45) is 5.73 Å². The summed E-state index contributed by atoms with van der Waals surface area (Å²) in [4.78, 5) is 0. The summed E-state index contributed by atoms with van der Waals surface area (Å²) in [5.74, 6) is 0.694. The fourth-order valence-corrected chi connectivity index (χ4v) is 1.93. The molecule has 5 heteroatoms. The van der Waals surface area contributed by atoms with E-state index in [2.05, 4.69) is 12.0 Å². The normalized spacial score (nSPS) is 12.9. The van der Waals surface area contributed by atoms with Crippen LogP contribution in [0.2, 0.25) is 5.02 Å². The van der Waals surface area contributed by atoms with Crippen molar-refractivity contribution < 1.29 is 4.42 Å². The molecule has 1 atom stereocenters. The van der Waals surface area contributed by atoms with Crippen LogP contribution in [0.3, 0.4) is 0 Å². The minimum Gasteiger partial charge on any atom is -0.467 e. The molecular formula is C11H14ClN3O. The summed E-state index contributed by atoms with van der Waals surface area (Å²) in [7, 11) is 0. The van der Waals surface area contributed by atoms with E-state index in [0.717, 1.165) is 18.7 Å². The van der Waals surface area contributed by atoms with E-state index < -0.39 is 0 Å². The zero-order valence-electron chi connectivity index (χ0n) is 9.06. The second kappa shape index (κ2) is 4.72. The van der Waals surface area contributed by atoms with Crippen molar-refractivity contribution in [3.05, 3.63) is 41.1 Å². The Morgan fingerprint density at radius 1 is 1.62 bits per heavy atom. The van der Waals surface area contributed by atoms with E-state index in [-0.39, 0.29) is 6.04 Å². The standard InChI is InChI=1S/C11H14ClN3O/c1-2-5-15-11(8(12)7-14-15)10(13)9-4-3-6-16-9/h3-4,6-7,10H,2,5,13H2,1H3. The molecule has 0 aromatic carbocycles. The zero-order chi connectivity index (χ0) is 11.5. The lowest BCUT2D eigenvalue weighted by Crippen LogP contribution is -2.17. The van der Waals surface area contributed by atoms with Gasteiger partial charge in [0.05, 0.1) is 23.2 Å². The molecule has 1 unspecified atom stereocenters. The highest BCUT2D eigenvalue weighted by atomic mass is 35.5. The van der Waals surface area contributed by atoms with Crippen LogP contribution in [0.15, 0.2) is 29.0 Å². The Morgan fingerprint density at radius 3 is 3.06 bits per heavy atom. The van der Waals surface area contributed by atoms with Crippen LogP contribution >= 0.6 is 11.6 Å². The maximum atomic E-state index is 6.10. The smallest absolute Gasteiger partial charge is 0.126 e. The molecule has 0 aliphatic carbocycles. The number of aryl methyl sites for hydroxylation is 1. The SMILES string of the molecule is CCCn1ncc(Cl)c1C(N)c1ccco1. The lowest BCUT2D eigenvalue weighted by Gasteiger charge is -2.12. The molecule has 4 nitrogen and oxygen atoms in total. The van der Waals surface area contributed by atoms with Crippen LogP contribution in [-0.2, 0) is 6.54 Å². The first-order valence-corrected chi connectivity index (χ1v) is 5.62. The molecule has 2 aromatic heterocycles. The van der Waals surface area contributed by atoms with E-state index >= 15 is 0 Å². The van der Waals surface area contributed by atoms with E-state index in [1.807, 2.05) is 16.8 Å². The fourth-order valence-electron chi connectivity index (χ4n) is 1.67. The third-order valence-electron chi connectivity index (χ3n) is 2.41. The van der Waals surface area contributed by atoms with Gasteiger partial charge in [0.1, 0.15) is 11.8 Å². The van der Waals surface area contributed by atoms with Gasteiger partial charge in [0.25, 0.3) is 0 Å². The average Bonchev–Trinajstić information content (AvgIpc) is 2.88. The zero-order valence-corrected chi connectivity index (χ0v) is 9.81. The number of aromatic nitrogens is 2. The van der Waals surface area contributed by atoms with Crippen molar-refractivity contribution in [3.63, 3.8) is 0 Å². The summed E-state index contributed by atoms with van der Waals surface area (Å²) in [5.41, 5.74) is 6.90. The van der Waals surface area contributed by atoms with Crippen LogP contribution in [0.1, 0.15) is 30.8 Å². The third kappa shape index (κ3) is 1.99. The second-order valence-corrected chi connectivity index (χ2v) is 4.00. The Morgan fingerprint density at radius 2 is 2.44 bits per heavy atom. The van der Waals surface area contributed by atoms with Gasteiger partial charge in [-0.3, -0.25) is 4.68 Å². The second-order valence-electron chi connectivity index (χ2n) is 3.59. The highest BCUT2D eigenvalue weighted by Gasteiger charge is 2.20. The Kier molecular flexibility index (Phi) is 3.31. The Labute approximate surface area is 99.0 Å². The fraction of sp³-hybridized carbons (Fsp3) is 0.364. The summed E-state index contributed by atoms with van der Waals surface area (Å²) in [6, 6.07) is 3.28. The minimum absolute atomic E-state index is 0.364. The van der Waals surface area contributed by atoms with Gasteiger partial charge in [-0.15, -0.1) is 0 Å². The van der Waals surface area contributed by atoms with Crippen molar-refractivity contribution in [1.82, 2.24) is 9.78 Å². The minimum atomic E-state index is -0.364. The number of nitrogens with two attached hydrogens (primary N) is 1. The van der Waals surface area contributed by atoms with Gasteiger partial charge in [0, 0.05) is 6.54 Å². The number of hydrogen-bond donors (Lipinski definition) is 1. The molecule has 2 rings (SSSR count). The predicted molar refractivity (Wildman–Crippen MR) is 62.3 cm³/mol. The monoisotopic (exact) mass is 239 g/mol. The highest BCUT2D eigenvalue weighted by Crippen LogP contribution is 2.26. The van der Waals surface area contributed by atoms with E-state index in [0.29, 0.717) is 10.8 Å². The summed E-state index contributed by atoms with van der Waals surface area (Å²) in [6.07, 6.45) is 4.20. The number of hydrogen-bond acceptors (Lipinski definition) is 3. The van der Waals surface area contributed by atoms with Crippen LogP contribution in [0.4, 0.5) is 0 Å². The largest absolute Gasteiger partial charge is 0.467 e. The molecule has 0 spiro atoms. The van der Waals surface area contributed by atoms with Crippen molar-refractivity contribution in [3.8, 4) is 0 Å². The Balaban J connectivity index is 2.35. The van der Waals surface area contributed by atoms with E-state index in [1.165, 1.54) is 0 Å². The van der Waals surface area contributed by atoms with Crippen LogP contribution < -0.4 is 5.73 Å². The molecule has 0 fully saturated rings. The van der Waals surface area contributed by atoms with E-state index in [4.69, 9.17) is 21.8 Å². The number of furan rings is 1. The van der Waals surface area contributed by atoms with Gasteiger partial charge in [-0.25, -0.2) is 0 Å². The van der Waals surface area contributed by atoms with Crippen molar-refractivity contribution in [2.45, 2.75) is 25.9 Å². The first-order chi connectivity index (χ1) is 7.74. The molecule has 2 N–H and O–H groups in total. The van der Waals surface area contributed by atoms with Crippen LogP contribution in [0, 0.1) is 0 Å². The molecule has 0 radical (unpaired) electrons. The van der Waals surface area contributed by atoms with Crippen LogP contribution in [0.5, 0.6) is 0 Å². The van der Waals surface area contributed by atoms with Gasteiger partial charge >= 0.3 is 0 Å². The van der Waals surface area contributed by atoms with Gasteiger partial charge in [0.15, 0.2) is 0 Å². The van der Waals surface area contributed by atoms with Gasteiger partial charge in [-0.1, -0.05) is 18.5 Å². The van der Waals surface area contributed by atoms with Crippen molar-refractivity contribution in [1.29, 1.82) is 0 Å². The molecule has 86 valence electrons. The van der Waals surface area contributed by atoms with E-state index in [1.54, 1.807) is 12.5 Å².